The number of likely N-dealkylation sites (tertiary alicyclic amines) is 1. The summed E-state index contributed by atoms with van der Waals surface area (Å²) in [6.45, 7) is 7.87. The molecule has 0 spiro atoms. The normalized spacial score (nSPS) is 16.1. The molecule has 4 rings (SSSR count). The van der Waals surface area contributed by atoms with Crippen LogP contribution in [0.2, 0.25) is 0 Å². The summed E-state index contributed by atoms with van der Waals surface area (Å²) in [4.78, 5) is 19.4. The van der Waals surface area contributed by atoms with Gasteiger partial charge in [-0.2, -0.15) is 0 Å². The first-order valence-electron chi connectivity index (χ1n) is 10.4. The number of piperidine rings is 1. The summed E-state index contributed by atoms with van der Waals surface area (Å²) in [5, 5.41) is 0. The van der Waals surface area contributed by atoms with Crippen molar-refractivity contribution < 1.29 is 0 Å². The highest BCUT2D eigenvalue weighted by Gasteiger charge is 2.20. The van der Waals surface area contributed by atoms with E-state index in [1.807, 2.05) is 26.6 Å². The Kier molecular flexibility index (Phi) is 6.54. The van der Waals surface area contributed by atoms with Gasteiger partial charge in [-0.3, -0.25) is 9.13 Å². The highest BCUT2D eigenvalue weighted by molar-refractivity contribution is 5.85. The van der Waals surface area contributed by atoms with Gasteiger partial charge in [-0.05, 0) is 57.0 Å². The number of halogens is 1. The summed E-state index contributed by atoms with van der Waals surface area (Å²) < 4.78 is 5.78. The molecule has 0 radical (unpaired) electrons. The van der Waals surface area contributed by atoms with E-state index in [4.69, 9.17) is 0 Å². The number of fused-ring (bicyclic) bond motifs is 1. The van der Waals surface area contributed by atoms with Gasteiger partial charge in [-0.25, -0.2) is 9.78 Å². The molecule has 3 aromatic rings. The van der Waals surface area contributed by atoms with Crippen molar-refractivity contribution in [1.29, 1.82) is 0 Å². The molecule has 1 saturated heterocycles. The number of hydrogen-bond donors (Lipinski definition) is 0. The standard InChI is InChI=1S/C22H31N5O.ClH/c1-5-17(14-26-9-7-6-8-10-26)27-15-23-13-21(27)18-12-20-19(11-16(18)2)24(3)22(28)25(20)4;/h11-13,15,17H,5-10,14H2,1-4H3;1H. The Labute approximate surface area is 178 Å². The molecule has 1 aliphatic rings. The molecule has 0 bridgehead atoms. The first kappa shape index (κ1) is 21.7. The molecule has 0 amide bonds. The van der Waals surface area contributed by atoms with Crippen molar-refractivity contribution in [1.82, 2.24) is 23.6 Å². The van der Waals surface area contributed by atoms with Crippen LogP contribution in [-0.2, 0) is 14.1 Å². The Bertz CT molecular complexity index is 1040. The van der Waals surface area contributed by atoms with Crippen LogP contribution in [0.25, 0.3) is 22.3 Å². The minimum atomic E-state index is 0. The monoisotopic (exact) mass is 417 g/mol. The second-order valence-electron chi connectivity index (χ2n) is 8.17. The van der Waals surface area contributed by atoms with Gasteiger partial charge in [0.1, 0.15) is 0 Å². The highest BCUT2D eigenvalue weighted by atomic mass is 35.5. The molecule has 2 aromatic heterocycles. The summed E-state index contributed by atoms with van der Waals surface area (Å²) in [6, 6.07) is 4.67. The van der Waals surface area contributed by atoms with Gasteiger partial charge in [0.15, 0.2) is 0 Å². The lowest BCUT2D eigenvalue weighted by molar-refractivity contribution is 0.194. The van der Waals surface area contributed by atoms with E-state index in [0.717, 1.165) is 35.3 Å². The lowest BCUT2D eigenvalue weighted by atomic mass is 10.0. The Balaban J connectivity index is 0.00000240. The summed E-state index contributed by atoms with van der Waals surface area (Å²) in [5.41, 5.74) is 5.41. The van der Waals surface area contributed by atoms with Crippen LogP contribution in [0.4, 0.5) is 0 Å². The maximum atomic E-state index is 12.3. The molecule has 1 atom stereocenters. The Morgan fingerprint density at radius 1 is 1.07 bits per heavy atom. The second kappa shape index (κ2) is 8.76. The molecule has 6 nitrogen and oxygen atoms in total. The van der Waals surface area contributed by atoms with Crippen molar-refractivity contribution in [3.63, 3.8) is 0 Å². The predicted octanol–water partition coefficient (Wildman–Crippen LogP) is 3.91. The van der Waals surface area contributed by atoms with E-state index in [2.05, 4.69) is 40.4 Å². The van der Waals surface area contributed by atoms with Gasteiger partial charge in [0.25, 0.3) is 0 Å². The van der Waals surface area contributed by atoms with Crippen molar-refractivity contribution in [2.24, 2.45) is 14.1 Å². The Morgan fingerprint density at radius 3 is 2.38 bits per heavy atom. The van der Waals surface area contributed by atoms with E-state index in [1.54, 1.807) is 9.13 Å². The summed E-state index contributed by atoms with van der Waals surface area (Å²) >= 11 is 0. The lowest BCUT2D eigenvalue weighted by Gasteiger charge is -2.31. The molecule has 1 fully saturated rings. The average molecular weight is 418 g/mol. The molecule has 0 aliphatic carbocycles. The Hall–Kier alpha value is -2.05. The first-order valence-corrected chi connectivity index (χ1v) is 10.4. The van der Waals surface area contributed by atoms with Gasteiger partial charge in [-0.15, -0.1) is 12.4 Å². The van der Waals surface area contributed by atoms with E-state index in [1.165, 1.54) is 37.9 Å². The van der Waals surface area contributed by atoms with E-state index >= 15 is 0 Å². The fourth-order valence-corrected chi connectivity index (χ4v) is 4.58. The minimum Gasteiger partial charge on any atom is -0.326 e. The summed E-state index contributed by atoms with van der Waals surface area (Å²) in [5.74, 6) is 0. The molecule has 1 aliphatic heterocycles. The fourth-order valence-electron chi connectivity index (χ4n) is 4.58. The molecule has 0 saturated carbocycles. The molecule has 29 heavy (non-hydrogen) atoms. The largest absolute Gasteiger partial charge is 0.328 e. The third kappa shape index (κ3) is 3.88. The van der Waals surface area contributed by atoms with Crippen molar-refractivity contribution in [3.8, 4) is 11.3 Å². The number of hydrogen-bond acceptors (Lipinski definition) is 3. The van der Waals surface area contributed by atoms with E-state index in [0.29, 0.717) is 6.04 Å². The molecule has 3 heterocycles. The summed E-state index contributed by atoms with van der Waals surface area (Å²) in [6.07, 6.45) is 8.99. The van der Waals surface area contributed by atoms with Gasteiger partial charge in [0, 0.05) is 32.2 Å². The second-order valence-corrected chi connectivity index (χ2v) is 8.17. The smallest absolute Gasteiger partial charge is 0.326 e. The lowest BCUT2D eigenvalue weighted by Crippen LogP contribution is -2.35. The number of imidazole rings is 2. The maximum Gasteiger partial charge on any atom is 0.328 e. The Morgan fingerprint density at radius 2 is 1.72 bits per heavy atom. The summed E-state index contributed by atoms with van der Waals surface area (Å²) in [7, 11) is 3.67. The van der Waals surface area contributed by atoms with Gasteiger partial charge in [0.05, 0.1) is 29.3 Å². The van der Waals surface area contributed by atoms with Crippen LogP contribution >= 0.6 is 12.4 Å². The van der Waals surface area contributed by atoms with Crippen molar-refractivity contribution in [3.05, 3.63) is 40.7 Å². The van der Waals surface area contributed by atoms with Crippen LogP contribution in [0.15, 0.2) is 29.5 Å². The quantitative estimate of drug-likeness (QED) is 0.632. The number of nitrogens with zero attached hydrogens (tertiary/aromatic N) is 5. The van der Waals surface area contributed by atoms with Crippen LogP contribution in [0, 0.1) is 6.92 Å². The predicted molar refractivity (Wildman–Crippen MR) is 121 cm³/mol. The molecular weight excluding hydrogens is 386 g/mol. The third-order valence-corrected chi connectivity index (χ3v) is 6.34. The van der Waals surface area contributed by atoms with Crippen LogP contribution < -0.4 is 5.69 Å². The molecule has 1 aromatic carbocycles. The van der Waals surface area contributed by atoms with Crippen LogP contribution in [0.1, 0.15) is 44.2 Å². The average Bonchev–Trinajstić information content (AvgIpc) is 3.26. The molecular formula is C22H32ClN5O. The zero-order chi connectivity index (χ0) is 19.8. The highest BCUT2D eigenvalue weighted by Crippen LogP contribution is 2.30. The van der Waals surface area contributed by atoms with Crippen molar-refractivity contribution in [2.45, 2.75) is 45.6 Å². The maximum absolute atomic E-state index is 12.3. The van der Waals surface area contributed by atoms with Crippen LogP contribution in [-0.4, -0.2) is 43.2 Å². The van der Waals surface area contributed by atoms with Gasteiger partial charge < -0.3 is 9.47 Å². The van der Waals surface area contributed by atoms with Crippen molar-refractivity contribution in [2.75, 3.05) is 19.6 Å². The zero-order valence-corrected chi connectivity index (χ0v) is 18.7. The van der Waals surface area contributed by atoms with Crippen LogP contribution in [0.3, 0.4) is 0 Å². The topological polar surface area (TPSA) is 48.0 Å². The van der Waals surface area contributed by atoms with E-state index in [9.17, 15) is 4.79 Å². The van der Waals surface area contributed by atoms with Crippen LogP contribution in [0.5, 0.6) is 0 Å². The minimum absolute atomic E-state index is 0. The van der Waals surface area contributed by atoms with Gasteiger partial charge >= 0.3 is 5.69 Å². The fraction of sp³-hybridized carbons (Fsp3) is 0.545. The zero-order valence-electron chi connectivity index (χ0n) is 17.9. The number of benzene rings is 1. The van der Waals surface area contributed by atoms with Gasteiger partial charge in [-0.1, -0.05) is 13.3 Å². The molecule has 1 unspecified atom stereocenters. The third-order valence-electron chi connectivity index (χ3n) is 6.34. The number of rotatable bonds is 5. The molecule has 7 heteroatoms. The van der Waals surface area contributed by atoms with Crippen molar-refractivity contribution >= 4 is 23.4 Å². The number of aromatic nitrogens is 4. The van der Waals surface area contributed by atoms with Gasteiger partial charge in [0.2, 0.25) is 0 Å². The molecule has 0 N–H and O–H groups in total. The van der Waals surface area contributed by atoms with E-state index in [-0.39, 0.29) is 18.1 Å². The molecule has 158 valence electrons. The SMILES string of the molecule is CCC(CN1CCCCC1)n1cncc1-c1cc2c(cc1C)n(C)c(=O)n2C.Cl. The first-order chi connectivity index (χ1) is 13.5. The van der Waals surface area contributed by atoms with E-state index < -0.39 is 0 Å². The number of aryl methyl sites for hydroxylation is 3.